The van der Waals surface area contributed by atoms with Crippen LogP contribution in [0.4, 0.5) is 18.0 Å². The standard InChI is InChI=1S/C16H21BF3NO4/c1-8(21-14(22)23)9-6-7-10(12(18)11(9)13(19)20)17-24-15(2,3)16(4,5)25-17/h6-8,13,21H,1-5H3,(H,22,23)/t8-/m1/s1. The van der Waals surface area contributed by atoms with Crippen molar-refractivity contribution in [1.29, 1.82) is 0 Å². The first kappa shape index (κ1) is 19.6. The third-order valence-electron chi connectivity index (χ3n) is 4.78. The molecule has 1 amide bonds. The molecule has 0 aliphatic carbocycles. The summed E-state index contributed by atoms with van der Waals surface area (Å²) in [6.07, 6.45) is -4.50. The van der Waals surface area contributed by atoms with Crippen LogP contribution in [0.25, 0.3) is 0 Å². The van der Waals surface area contributed by atoms with Crippen LogP contribution in [0, 0.1) is 5.82 Å². The SMILES string of the molecule is C[C@@H](NC(=O)O)c1ccc(B2OC(C)(C)C(C)(C)O2)c(F)c1C(F)F. The van der Waals surface area contributed by atoms with Crippen molar-refractivity contribution in [2.75, 3.05) is 0 Å². The maximum absolute atomic E-state index is 14.8. The van der Waals surface area contributed by atoms with Crippen molar-refractivity contribution in [2.45, 2.75) is 58.3 Å². The first-order valence-corrected chi connectivity index (χ1v) is 7.83. The maximum Gasteiger partial charge on any atom is 0.497 e. The Kier molecular flexibility index (Phi) is 5.12. The molecule has 2 rings (SSSR count). The predicted octanol–water partition coefficient (Wildman–Crippen LogP) is 3.39. The fourth-order valence-corrected chi connectivity index (χ4v) is 2.64. The first-order chi connectivity index (χ1) is 11.4. The lowest BCUT2D eigenvalue weighted by atomic mass is 9.76. The molecule has 0 radical (unpaired) electrons. The summed E-state index contributed by atoms with van der Waals surface area (Å²) in [5.41, 5.74) is -2.61. The molecule has 0 saturated carbocycles. The number of nitrogens with one attached hydrogen (secondary N) is 1. The fraction of sp³-hybridized carbons (Fsp3) is 0.562. The van der Waals surface area contributed by atoms with Gasteiger partial charge >= 0.3 is 13.2 Å². The molecular weight excluding hydrogens is 338 g/mol. The third kappa shape index (κ3) is 3.62. The lowest BCUT2D eigenvalue weighted by Gasteiger charge is -2.32. The summed E-state index contributed by atoms with van der Waals surface area (Å²) in [6.45, 7) is 8.44. The molecule has 25 heavy (non-hydrogen) atoms. The van der Waals surface area contributed by atoms with Crippen molar-refractivity contribution in [3.8, 4) is 0 Å². The van der Waals surface area contributed by atoms with Gasteiger partial charge in [-0.05, 0) is 40.2 Å². The largest absolute Gasteiger partial charge is 0.497 e. The molecule has 0 bridgehead atoms. The summed E-state index contributed by atoms with van der Waals surface area (Å²) in [6, 6.07) is 1.56. The number of rotatable bonds is 4. The van der Waals surface area contributed by atoms with E-state index in [0.717, 1.165) is 0 Å². The molecule has 1 fully saturated rings. The monoisotopic (exact) mass is 359 g/mol. The molecule has 0 spiro atoms. The van der Waals surface area contributed by atoms with Gasteiger partial charge in [0.15, 0.2) is 0 Å². The van der Waals surface area contributed by atoms with E-state index in [-0.39, 0.29) is 11.0 Å². The minimum Gasteiger partial charge on any atom is -0.465 e. The van der Waals surface area contributed by atoms with Crippen LogP contribution in [0.2, 0.25) is 0 Å². The highest BCUT2D eigenvalue weighted by Crippen LogP contribution is 2.37. The number of hydrogen-bond acceptors (Lipinski definition) is 3. The number of amides is 1. The van der Waals surface area contributed by atoms with Gasteiger partial charge in [0.2, 0.25) is 0 Å². The second-order valence-corrected chi connectivity index (χ2v) is 7.03. The lowest BCUT2D eigenvalue weighted by Crippen LogP contribution is -2.41. The van der Waals surface area contributed by atoms with Gasteiger partial charge in [0, 0.05) is 5.46 Å². The van der Waals surface area contributed by atoms with Crippen LogP contribution in [0.5, 0.6) is 0 Å². The minimum atomic E-state index is -3.12. The van der Waals surface area contributed by atoms with Crippen LogP contribution in [0.3, 0.4) is 0 Å². The molecule has 1 aliphatic heterocycles. The van der Waals surface area contributed by atoms with Gasteiger partial charge in [-0.25, -0.2) is 18.0 Å². The summed E-state index contributed by atoms with van der Waals surface area (Å²) in [7, 11) is -1.13. The van der Waals surface area contributed by atoms with E-state index in [2.05, 4.69) is 5.32 Å². The zero-order chi connectivity index (χ0) is 19.2. The molecule has 1 aromatic rings. The topological polar surface area (TPSA) is 67.8 Å². The average molecular weight is 359 g/mol. The van der Waals surface area contributed by atoms with Crippen LogP contribution in [0.15, 0.2) is 12.1 Å². The van der Waals surface area contributed by atoms with Crippen molar-refractivity contribution in [3.05, 3.63) is 29.1 Å². The van der Waals surface area contributed by atoms with Crippen LogP contribution in [0.1, 0.15) is 58.2 Å². The molecular formula is C16H21BF3NO4. The number of hydrogen-bond donors (Lipinski definition) is 2. The summed E-state index contributed by atoms with van der Waals surface area (Å²) < 4.78 is 53.2. The minimum absolute atomic E-state index is 0.129. The molecule has 5 nitrogen and oxygen atoms in total. The Morgan fingerprint density at radius 3 is 2.16 bits per heavy atom. The molecule has 0 aromatic heterocycles. The van der Waals surface area contributed by atoms with E-state index >= 15 is 0 Å². The van der Waals surface area contributed by atoms with Gasteiger partial charge in [-0.1, -0.05) is 12.1 Å². The van der Waals surface area contributed by atoms with Crippen LogP contribution >= 0.6 is 0 Å². The maximum atomic E-state index is 14.8. The molecule has 1 atom stereocenters. The fourth-order valence-electron chi connectivity index (χ4n) is 2.64. The van der Waals surface area contributed by atoms with Crippen LogP contribution < -0.4 is 10.8 Å². The van der Waals surface area contributed by atoms with Crippen molar-refractivity contribution in [1.82, 2.24) is 5.32 Å². The van der Waals surface area contributed by atoms with Gasteiger partial charge in [-0.2, -0.15) is 0 Å². The molecule has 2 N–H and O–H groups in total. The van der Waals surface area contributed by atoms with Gasteiger partial charge in [0.1, 0.15) is 5.82 Å². The molecule has 1 saturated heterocycles. The highest BCUT2D eigenvalue weighted by molar-refractivity contribution is 6.62. The Labute approximate surface area is 144 Å². The van der Waals surface area contributed by atoms with E-state index in [9.17, 15) is 18.0 Å². The van der Waals surface area contributed by atoms with E-state index < -0.39 is 48.3 Å². The quantitative estimate of drug-likeness (QED) is 0.809. The van der Waals surface area contributed by atoms with E-state index in [1.54, 1.807) is 27.7 Å². The molecule has 1 aromatic carbocycles. The Balaban J connectivity index is 2.46. The molecule has 9 heteroatoms. The van der Waals surface area contributed by atoms with Gasteiger partial charge in [0.05, 0.1) is 22.8 Å². The summed E-state index contributed by atoms with van der Waals surface area (Å²) in [5, 5.41) is 10.8. The van der Waals surface area contributed by atoms with E-state index in [0.29, 0.717) is 0 Å². The smallest absolute Gasteiger partial charge is 0.465 e. The van der Waals surface area contributed by atoms with Crippen LogP contribution in [-0.2, 0) is 9.31 Å². The molecule has 0 unspecified atom stereocenters. The Morgan fingerprint density at radius 1 is 1.20 bits per heavy atom. The summed E-state index contributed by atoms with van der Waals surface area (Å²) in [4.78, 5) is 10.7. The van der Waals surface area contributed by atoms with Gasteiger partial charge in [-0.3, -0.25) is 0 Å². The number of benzene rings is 1. The zero-order valence-electron chi connectivity index (χ0n) is 14.7. The Morgan fingerprint density at radius 2 is 1.72 bits per heavy atom. The highest BCUT2D eigenvalue weighted by Gasteiger charge is 2.52. The van der Waals surface area contributed by atoms with Crippen LogP contribution in [-0.4, -0.2) is 29.5 Å². The van der Waals surface area contributed by atoms with Gasteiger partial charge < -0.3 is 19.7 Å². The average Bonchev–Trinajstić information content (AvgIpc) is 2.65. The summed E-state index contributed by atoms with van der Waals surface area (Å²) >= 11 is 0. The number of halogens is 3. The summed E-state index contributed by atoms with van der Waals surface area (Å²) in [5.74, 6) is -1.15. The van der Waals surface area contributed by atoms with Crippen molar-refractivity contribution in [2.24, 2.45) is 0 Å². The highest BCUT2D eigenvalue weighted by atomic mass is 19.3. The molecule has 138 valence electrons. The van der Waals surface area contributed by atoms with E-state index in [4.69, 9.17) is 14.4 Å². The Hall–Kier alpha value is -1.74. The van der Waals surface area contributed by atoms with Gasteiger partial charge in [0.25, 0.3) is 6.43 Å². The predicted molar refractivity (Wildman–Crippen MR) is 86.6 cm³/mol. The normalized spacial score (nSPS) is 20.0. The number of carbonyl (C=O) groups is 1. The van der Waals surface area contributed by atoms with Crippen molar-refractivity contribution < 1.29 is 32.4 Å². The van der Waals surface area contributed by atoms with Crippen molar-refractivity contribution in [3.63, 3.8) is 0 Å². The van der Waals surface area contributed by atoms with Crippen molar-refractivity contribution >= 4 is 18.7 Å². The number of carboxylic acid groups (broad SMARTS) is 1. The molecule has 1 aliphatic rings. The first-order valence-electron chi connectivity index (χ1n) is 7.83. The van der Waals surface area contributed by atoms with E-state index in [1.165, 1.54) is 19.1 Å². The van der Waals surface area contributed by atoms with Gasteiger partial charge in [-0.15, -0.1) is 0 Å². The second kappa shape index (κ2) is 6.53. The molecule has 1 heterocycles. The zero-order valence-corrected chi connectivity index (χ0v) is 14.7. The third-order valence-corrected chi connectivity index (χ3v) is 4.78. The Bertz CT molecular complexity index is 666. The van der Waals surface area contributed by atoms with E-state index in [1.807, 2.05) is 0 Å². The second-order valence-electron chi connectivity index (χ2n) is 7.03. The number of alkyl halides is 2. The lowest BCUT2D eigenvalue weighted by molar-refractivity contribution is 0.00578.